The van der Waals surface area contributed by atoms with Crippen LogP contribution in [0.15, 0.2) is 53.6 Å². The van der Waals surface area contributed by atoms with Crippen molar-refractivity contribution in [3.8, 4) is 17.2 Å². The van der Waals surface area contributed by atoms with E-state index in [2.05, 4.69) is 10.5 Å². The van der Waals surface area contributed by atoms with E-state index in [1.165, 1.54) is 6.92 Å². The lowest BCUT2D eigenvalue weighted by atomic mass is 10.0. The van der Waals surface area contributed by atoms with Gasteiger partial charge in [0.25, 0.3) is 0 Å². The van der Waals surface area contributed by atoms with Crippen LogP contribution < -0.4 is 11.2 Å². The van der Waals surface area contributed by atoms with Crippen molar-refractivity contribution in [1.82, 2.24) is 0 Å². The first-order chi connectivity index (χ1) is 11.0. The second kappa shape index (κ2) is 7.00. The summed E-state index contributed by atoms with van der Waals surface area (Å²) >= 11 is 0. The van der Waals surface area contributed by atoms with E-state index in [-0.39, 0.29) is 11.5 Å². The third-order valence-corrected chi connectivity index (χ3v) is 3.15. The lowest BCUT2D eigenvalue weighted by Crippen LogP contribution is -2.21. The fourth-order valence-corrected chi connectivity index (χ4v) is 1.92. The first-order valence-electron chi connectivity index (χ1n) is 6.81. The highest BCUT2D eigenvalue weighted by Crippen LogP contribution is 2.22. The number of nitriles is 1. The van der Waals surface area contributed by atoms with Gasteiger partial charge in [0.2, 0.25) is 5.71 Å². The van der Waals surface area contributed by atoms with Crippen LogP contribution in [0.25, 0.3) is 11.1 Å². The molecule has 0 aliphatic heterocycles. The Hall–Kier alpha value is -3.46. The van der Waals surface area contributed by atoms with Crippen LogP contribution >= 0.6 is 0 Å². The molecule has 0 amide bonds. The van der Waals surface area contributed by atoms with Gasteiger partial charge in [-0.2, -0.15) is 10.4 Å². The predicted octanol–water partition coefficient (Wildman–Crippen LogP) is 2.78. The Balaban J connectivity index is 2.20. The number of hydrogen-bond acceptors (Lipinski definition) is 5. The number of hydrazone groups is 1. The van der Waals surface area contributed by atoms with Crippen LogP contribution in [0.4, 0.5) is 5.69 Å². The van der Waals surface area contributed by atoms with E-state index in [1.807, 2.05) is 30.3 Å². The quantitative estimate of drug-likeness (QED) is 0.341. The molecule has 0 radical (unpaired) electrons. The third kappa shape index (κ3) is 4.02. The Morgan fingerprint density at radius 1 is 1.22 bits per heavy atom. The number of nitrogens with two attached hydrogens (primary N) is 1. The molecule has 23 heavy (non-hydrogen) atoms. The van der Waals surface area contributed by atoms with E-state index in [9.17, 15) is 4.79 Å². The molecule has 0 spiro atoms. The van der Waals surface area contributed by atoms with Crippen LogP contribution in [0, 0.1) is 16.7 Å². The van der Waals surface area contributed by atoms with Gasteiger partial charge in [0, 0.05) is 5.56 Å². The minimum Gasteiger partial charge on any atom is -0.382 e. The van der Waals surface area contributed by atoms with Crippen LogP contribution in [0.3, 0.4) is 0 Å². The molecule has 2 rings (SSSR count). The second-order valence-electron chi connectivity index (χ2n) is 4.81. The largest absolute Gasteiger partial charge is 0.382 e. The monoisotopic (exact) mass is 305 g/mol. The number of benzene rings is 2. The molecule has 6 nitrogen and oxygen atoms in total. The highest BCUT2D eigenvalue weighted by Gasteiger charge is 2.04. The van der Waals surface area contributed by atoms with Gasteiger partial charge >= 0.3 is 0 Å². The normalized spacial score (nSPS) is 10.7. The number of hydrogen-bond donors (Lipinski definition) is 3. The maximum atomic E-state index is 11.4. The van der Waals surface area contributed by atoms with Gasteiger partial charge in [-0.3, -0.25) is 15.6 Å². The maximum Gasteiger partial charge on any atom is 0.201 e. The summed E-state index contributed by atoms with van der Waals surface area (Å²) in [5.41, 5.74) is 10.9. The standard InChI is InChI=1S/C17H15N5O/c1-11(23)13-3-2-4-14(9-13)12-5-7-15(8-6-12)21-22-16(10-18)17(19)20/h2-9,21H,1H3,(H3,19,20)/b22-16+. The molecule has 4 N–H and O–H groups in total. The summed E-state index contributed by atoms with van der Waals surface area (Å²) in [7, 11) is 0. The van der Waals surface area contributed by atoms with Crippen LogP contribution in [-0.2, 0) is 0 Å². The fraction of sp³-hybridized carbons (Fsp3) is 0.0588. The van der Waals surface area contributed by atoms with Gasteiger partial charge in [-0.1, -0.05) is 30.3 Å². The molecule has 2 aromatic carbocycles. The molecule has 0 saturated heterocycles. The number of Topliss-reactive ketones (excluding diaryl/α,β-unsaturated/α-hetero) is 1. The average molecular weight is 305 g/mol. The first-order valence-corrected chi connectivity index (χ1v) is 6.81. The molecule has 0 fully saturated rings. The van der Waals surface area contributed by atoms with Gasteiger partial charge in [-0.15, -0.1) is 0 Å². The molecule has 0 aliphatic carbocycles. The zero-order valence-electron chi connectivity index (χ0n) is 12.5. The number of nitrogens with zero attached hydrogens (tertiary/aromatic N) is 2. The van der Waals surface area contributed by atoms with E-state index in [4.69, 9.17) is 16.4 Å². The lowest BCUT2D eigenvalue weighted by Gasteiger charge is -2.06. The van der Waals surface area contributed by atoms with E-state index in [0.717, 1.165) is 11.1 Å². The summed E-state index contributed by atoms with van der Waals surface area (Å²) in [5.74, 6) is -0.370. The van der Waals surface area contributed by atoms with Crippen molar-refractivity contribution in [1.29, 1.82) is 10.7 Å². The highest BCUT2D eigenvalue weighted by molar-refractivity contribution is 6.45. The van der Waals surface area contributed by atoms with Crippen LogP contribution in [0.5, 0.6) is 0 Å². The third-order valence-electron chi connectivity index (χ3n) is 3.15. The molecule has 0 unspecified atom stereocenters. The van der Waals surface area contributed by atoms with Gasteiger partial charge in [0.05, 0.1) is 5.69 Å². The van der Waals surface area contributed by atoms with E-state index >= 15 is 0 Å². The SMILES string of the molecule is CC(=O)c1cccc(-c2ccc(N/N=C(\C#N)C(=N)N)cc2)c1. The molecular formula is C17H15N5O. The van der Waals surface area contributed by atoms with Gasteiger partial charge in [0.1, 0.15) is 6.07 Å². The van der Waals surface area contributed by atoms with Gasteiger partial charge in [-0.05, 0) is 36.2 Å². The summed E-state index contributed by atoms with van der Waals surface area (Å²) in [6, 6.07) is 16.4. The van der Waals surface area contributed by atoms with E-state index < -0.39 is 5.84 Å². The van der Waals surface area contributed by atoms with Crippen molar-refractivity contribution >= 4 is 23.0 Å². The summed E-state index contributed by atoms with van der Waals surface area (Å²) in [5, 5.41) is 19.7. The zero-order valence-corrected chi connectivity index (χ0v) is 12.5. The highest BCUT2D eigenvalue weighted by atomic mass is 16.1. The number of carbonyl (C=O) groups excluding carboxylic acids is 1. The first kappa shape index (κ1) is 15.9. The Labute approximate surface area is 133 Å². The molecule has 0 aromatic heterocycles. The van der Waals surface area contributed by atoms with Gasteiger partial charge in [-0.25, -0.2) is 0 Å². The predicted molar refractivity (Wildman–Crippen MR) is 90.5 cm³/mol. The molecule has 0 saturated carbocycles. The second-order valence-corrected chi connectivity index (χ2v) is 4.81. The zero-order chi connectivity index (χ0) is 16.8. The number of carbonyl (C=O) groups is 1. The Bertz CT molecular complexity index is 816. The average Bonchev–Trinajstić information content (AvgIpc) is 2.56. The summed E-state index contributed by atoms with van der Waals surface area (Å²) in [4.78, 5) is 11.4. The molecule has 0 atom stereocenters. The van der Waals surface area contributed by atoms with Crippen molar-refractivity contribution in [2.45, 2.75) is 6.92 Å². The Kier molecular flexibility index (Phi) is 4.85. The molecular weight excluding hydrogens is 290 g/mol. The topological polar surface area (TPSA) is 115 Å². The summed E-state index contributed by atoms with van der Waals surface area (Å²) in [6.07, 6.45) is 0. The van der Waals surface area contributed by atoms with Gasteiger partial charge < -0.3 is 5.73 Å². The molecule has 6 heteroatoms. The number of rotatable bonds is 5. The van der Waals surface area contributed by atoms with Crippen molar-refractivity contribution in [2.75, 3.05) is 5.43 Å². The number of nitrogens with one attached hydrogen (secondary N) is 2. The number of ketones is 1. The minimum absolute atomic E-state index is 0.0211. The summed E-state index contributed by atoms with van der Waals surface area (Å²) in [6.45, 7) is 1.53. The number of anilines is 1. The minimum atomic E-state index is -0.391. The fourth-order valence-electron chi connectivity index (χ4n) is 1.92. The Morgan fingerprint density at radius 2 is 1.91 bits per heavy atom. The lowest BCUT2D eigenvalue weighted by molar-refractivity contribution is 0.101. The Morgan fingerprint density at radius 3 is 2.48 bits per heavy atom. The van der Waals surface area contributed by atoms with Crippen LogP contribution in [-0.4, -0.2) is 17.3 Å². The molecule has 114 valence electrons. The maximum absolute atomic E-state index is 11.4. The summed E-state index contributed by atoms with van der Waals surface area (Å²) < 4.78 is 0. The van der Waals surface area contributed by atoms with Gasteiger partial charge in [0.15, 0.2) is 11.6 Å². The van der Waals surface area contributed by atoms with Crippen LogP contribution in [0.1, 0.15) is 17.3 Å². The van der Waals surface area contributed by atoms with Crippen molar-refractivity contribution < 1.29 is 4.79 Å². The van der Waals surface area contributed by atoms with E-state index in [1.54, 1.807) is 24.3 Å². The molecule has 0 aliphatic rings. The van der Waals surface area contributed by atoms with Crippen molar-refractivity contribution in [3.05, 3.63) is 54.1 Å². The molecule has 2 aromatic rings. The smallest absolute Gasteiger partial charge is 0.201 e. The molecule has 0 bridgehead atoms. The van der Waals surface area contributed by atoms with Crippen molar-refractivity contribution in [3.63, 3.8) is 0 Å². The number of amidine groups is 1. The molecule has 0 heterocycles. The van der Waals surface area contributed by atoms with Crippen molar-refractivity contribution in [2.24, 2.45) is 10.8 Å². The van der Waals surface area contributed by atoms with E-state index in [0.29, 0.717) is 11.3 Å². The van der Waals surface area contributed by atoms with Crippen LogP contribution in [0.2, 0.25) is 0 Å².